The number of aromatic amines is 1. The zero-order valence-electron chi connectivity index (χ0n) is 8.82. The molecule has 0 aliphatic rings. The van der Waals surface area contributed by atoms with E-state index in [2.05, 4.69) is 14.7 Å². The van der Waals surface area contributed by atoms with E-state index in [1.54, 1.807) is 6.92 Å². The van der Waals surface area contributed by atoms with Gasteiger partial charge in [0.15, 0.2) is 5.03 Å². The average molecular weight is 232 g/mol. The molecule has 0 fully saturated rings. The third-order valence-electron chi connectivity index (χ3n) is 1.94. The minimum Gasteiger partial charge on any atom is -0.332 e. The molecule has 1 aromatic heterocycles. The summed E-state index contributed by atoms with van der Waals surface area (Å²) >= 11 is 0. The van der Waals surface area contributed by atoms with E-state index in [0.717, 1.165) is 0 Å². The van der Waals surface area contributed by atoms with Gasteiger partial charge in [-0.15, -0.1) is 0 Å². The van der Waals surface area contributed by atoms with Crippen molar-refractivity contribution in [3.05, 3.63) is 12.0 Å². The zero-order valence-corrected chi connectivity index (χ0v) is 9.63. The molecule has 1 aromatic rings. The summed E-state index contributed by atoms with van der Waals surface area (Å²) in [5.74, 6) is 0.649. The van der Waals surface area contributed by atoms with Crippen LogP contribution in [0.5, 0.6) is 0 Å². The molecule has 1 heterocycles. The summed E-state index contributed by atoms with van der Waals surface area (Å²) in [6.07, 6.45) is 1.98. The van der Waals surface area contributed by atoms with Gasteiger partial charge in [-0.3, -0.25) is 0 Å². The second kappa shape index (κ2) is 4.73. The van der Waals surface area contributed by atoms with Crippen LogP contribution >= 0.6 is 0 Å². The second-order valence-electron chi connectivity index (χ2n) is 3.31. The molecule has 0 saturated carbocycles. The first-order valence-corrected chi connectivity index (χ1v) is 6.24. The fourth-order valence-electron chi connectivity index (χ4n) is 1.04. The molecular weight excluding hydrogens is 216 g/mol. The van der Waals surface area contributed by atoms with E-state index >= 15 is 0 Å². The number of nitrogens with two attached hydrogens (primary N) is 1. The number of hydrogen-bond donors (Lipinski definition) is 3. The van der Waals surface area contributed by atoms with Crippen molar-refractivity contribution >= 4 is 10.0 Å². The van der Waals surface area contributed by atoms with E-state index < -0.39 is 10.0 Å². The number of hydrogen-bond acceptors (Lipinski definition) is 4. The molecular formula is C8H16N4O2S. The maximum Gasteiger partial charge on any atom is 0.257 e. The Labute approximate surface area is 89.3 Å². The zero-order chi connectivity index (χ0) is 11.5. The molecule has 1 atom stereocenters. The molecule has 0 spiro atoms. The molecule has 0 bridgehead atoms. The first-order valence-electron chi connectivity index (χ1n) is 4.76. The predicted octanol–water partition coefficient (Wildman–Crippen LogP) is -0.402. The largest absolute Gasteiger partial charge is 0.332 e. The molecule has 0 saturated heterocycles. The van der Waals surface area contributed by atoms with Gasteiger partial charge in [-0.1, -0.05) is 6.92 Å². The monoisotopic (exact) mass is 232 g/mol. The number of aromatic nitrogens is 2. The highest BCUT2D eigenvalue weighted by Crippen LogP contribution is 2.06. The molecule has 6 nitrogen and oxygen atoms in total. The SMILES string of the molecule is CCc1ncc(S(=O)(=O)NC(C)CN)[nH]1. The van der Waals surface area contributed by atoms with Crippen LogP contribution in [-0.4, -0.2) is 31.0 Å². The fraction of sp³-hybridized carbons (Fsp3) is 0.625. The minimum atomic E-state index is -3.51. The summed E-state index contributed by atoms with van der Waals surface area (Å²) < 4.78 is 25.8. The van der Waals surface area contributed by atoms with Crippen molar-refractivity contribution < 1.29 is 8.42 Å². The van der Waals surface area contributed by atoms with E-state index in [1.165, 1.54) is 6.20 Å². The maximum atomic E-state index is 11.7. The highest BCUT2D eigenvalue weighted by Gasteiger charge is 2.18. The topological polar surface area (TPSA) is 101 Å². The van der Waals surface area contributed by atoms with Crippen LogP contribution in [0.4, 0.5) is 0 Å². The summed E-state index contributed by atoms with van der Waals surface area (Å²) in [4.78, 5) is 6.66. The van der Waals surface area contributed by atoms with E-state index in [0.29, 0.717) is 12.2 Å². The Bertz CT molecular complexity index is 412. The van der Waals surface area contributed by atoms with Crippen LogP contribution in [0.3, 0.4) is 0 Å². The summed E-state index contributed by atoms with van der Waals surface area (Å²) in [6.45, 7) is 3.85. The molecule has 1 unspecified atom stereocenters. The Balaban J connectivity index is 2.86. The number of nitrogens with zero attached hydrogens (tertiary/aromatic N) is 1. The van der Waals surface area contributed by atoms with Gasteiger partial charge in [-0.2, -0.15) is 0 Å². The van der Waals surface area contributed by atoms with Crippen molar-refractivity contribution in [3.63, 3.8) is 0 Å². The Kier molecular flexibility index (Phi) is 3.83. The van der Waals surface area contributed by atoms with Crippen molar-refractivity contribution in [1.82, 2.24) is 14.7 Å². The number of imidazole rings is 1. The van der Waals surface area contributed by atoms with Gasteiger partial charge >= 0.3 is 0 Å². The number of sulfonamides is 1. The molecule has 4 N–H and O–H groups in total. The van der Waals surface area contributed by atoms with Crippen LogP contribution in [0.2, 0.25) is 0 Å². The second-order valence-corrected chi connectivity index (χ2v) is 4.99. The lowest BCUT2D eigenvalue weighted by Crippen LogP contribution is -2.37. The van der Waals surface area contributed by atoms with Gasteiger partial charge in [0, 0.05) is 19.0 Å². The van der Waals surface area contributed by atoms with E-state index in [9.17, 15) is 8.42 Å². The van der Waals surface area contributed by atoms with Gasteiger partial charge < -0.3 is 10.7 Å². The Hall–Kier alpha value is -0.920. The van der Waals surface area contributed by atoms with Gasteiger partial charge in [0.1, 0.15) is 5.82 Å². The first kappa shape index (κ1) is 12.2. The van der Waals surface area contributed by atoms with Gasteiger partial charge in [0.05, 0.1) is 6.20 Å². The Morgan fingerprint density at radius 1 is 1.67 bits per heavy atom. The van der Waals surface area contributed by atoms with Crippen molar-refractivity contribution in [2.24, 2.45) is 5.73 Å². The molecule has 86 valence electrons. The average Bonchev–Trinajstić information content (AvgIpc) is 2.65. The van der Waals surface area contributed by atoms with Crippen LogP contribution in [-0.2, 0) is 16.4 Å². The van der Waals surface area contributed by atoms with Crippen LogP contribution < -0.4 is 10.5 Å². The third kappa shape index (κ3) is 3.01. The lowest BCUT2D eigenvalue weighted by atomic mass is 10.4. The first-order chi connectivity index (χ1) is 6.99. The molecule has 0 aliphatic heterocycles. The summed E-state index contributed by atoms with van der Waals surface area (Å²) in [5.41, 5.74) is 5.34. The molecule has 7 heteroatoms. The van der Waals surface area contributed by atoms with E-state index in [4.69, 9.17) is 5.73 Å². The van der Waals surface area contributed by atoms with Crippen LogP contribution in [0.25, 0.3) is 0 Å². The molecule has 0 aromatic carbocycles. The quantitative estimate of drug-likeness (QED) is 0.642. The van der Waals surface area contributed by atoms with Crippen molar-refractivity contribution in [2.45, 2.75) is 31.3 Å². The van der Waals surface area contributed by atoms with Gasteiger partial charge in [-0.25, -0.2) is 18.1 Å². The minimum absolute atomic E-state index is 0.0830. The molecule has 15 heavy (non-hydrogen) atoms. The number of aryl methyl sites for hydroxylation is 1. The normalized spacial score (nSPS) is 14.1. The van der Waals surface area contributed by atoms with Gasteiger partial charge in [0.25, 0.3) is 10.0 Å². The van der Waals surface area contributed by atoms with Crippen LogP contribution in [0, 0.1) is 0 Å². The van der Waals surface area contributed by atoms with Crippen LogP contribution in [0.1, 0.15) is 19.7 Å². The van der Waals surface area contributed by atoms with Gasteiger partial charge in [0.2, 0.25) is 0 Å². The summed E-state index contributed by atoms with van der Waals surface area (Å²) in [7, 11) is -3.51. The molecule has 0 amide bonds. The van der Waals surface area contributed by atoms with E-state index in [1.807, 2.05) is 6.92 Å². The predicted molar refractivity (Wildman–Crippen MR) is 56.8 cm³/mol. The number of H-pyrrole nitrogens is 1. The summed E-state index contributed by atoms with van der Waals surface area (Å²) in [5, 5.41) is 0.0830. The Morgan fingerprint density at radius 2 is 2.33 bits per heavy atom. The number of rotatable bonds is 5. The highest BCUT2D eigenvalue weighted by atomic mass is 32.2. The molecule has 1 rings (SSSR count). The van der Waals surface area contributed by atoms with Gasteiger partial charge in [-0.05, 0) is 6.92 Å². The smallest absolute Gasteiger partial charge is 0.257 e. The van der Waals surface area contributed by atoms with Crippen molar-refractivity contribution in [2.75, 3.05) is 6.54 Å². The molecule has 0 aliphatic carbocycles. The number of nitrogens with one attached hydrogen (secondary N) is 2. The summed E-state index contributed by atoms with van der Waals surface area (Å²) in [6, 6.07) is -0.289. The Morgan fingerprint density at radius 3 is 2.80 bits per heavy atom. The van der Waals surface area contributed by atoms with Crippen molar-refractivity contribution in [1.29, 1.82) is 0 Å². The third-order valence-corrected chi connectivity index (χ3v) is 3.44. The van der Waals surface area contributed by atoms with Crippen LogP contribution in [0.15, 0.2) is 11.2 Å². The van der Waals surface area contributed by atoms with E-state index in [-0.39, 0.29) is 17.6 Å². The fourth-order valence-corrected chi connectivity index (χ4v) is 2.23. The lowest BCUT2D eigenvalue weighted by Gasteiger charge is -2.09. The lowest BCUT2D eigenvalue weighted by molar-refractivity contribution is 0.559. The molecule has 0 radical (unpaired) electrons. The van der Waals surface area contributed by atoms with Crippen molar-refractivity contribution in [3.8, 4) is 0 Å². The maximum absolute atomic E-state index is 11.7. The highest BCUT2D eigenvalue weighted by molar-refractivity contribution is 7.89. The standard InChI is InChI=1S/C8H16N4O2S/c1-3-7-10-5-8(11-7)15(13,14)12-6(2)4-9/h5-6,12H,3-4,9H2,1-2H3,(H,10,11).